The fraction of sp³-hybridized carbons (Fsp3) is 0.111. The van der Waals surface area contributed by atoms with Crippen molar-refractivity contribution in [2.45, 2.75) is 0 Å². The predicted octanol–water partition coefficient (Wildman–Crippen LogP) is 2.29. The molecule has 1 aromatic rings. The number of hydrogen-bond acceptors (Lipinski definition) is 3. The van der Waals surface area contributed by atoms with E-state index >= 15 is 0 Å². The van der Waals surface area contributed by atoms with Crippen molar-refractivity contribution in [2.75, 3.05) is 5.88 Å². The lowest BCUT2D eigenvalue weighted by Gasteiger charge is -2.04. The summed E-state index contributed by atoms with van der Waals surface area (Å²) in [6.45, 7) is 0. The maximum Gasteiger partial charge on any atom is 0.182 e. The maximum absolute atomic E-state index is 11.3. The molecule has 0 fully saturated rings. The van der Waals surface area contributed by atoms with Crippen LogP contribution in [0.15, 0.2) is 12.1 Å². The number of ketones is 1. The van der Waals surface area contributed by atoms with Crippen molar-refractivity contribution in [2.24, 2.45) is 0 Å². The van der Waals surface area contributed by atoms with Crippen molar-refractivity contribution in [1.29, 1.82) is 5.26 Å². The van der Waals surface area contributed by atoms with Crippen LogP contribution in [0.2, 0.25) is 0 Å². The number of halogens is 2. The molecule has 0 amide bonds. The molecule has 3 nitrogen and oxygen atoms in total. The molecule has 0 aliphatic heterocycles. The van der Waals surface area contributed by atoms with Crippen LogP contribution in [-0.4, -0.2) is 16.8 Å². The van der Waals surface area contributed by atoms with Gasteiger partial charge in [0.25, 0.3) is 0 Å². The number of nitriles is 1. The summed E-state index contributed by atoms with van der Waals surface area (Å²) in [6, 6.07) is 4.66. The Bertz CT molecular complexity index is 402. The van der Waals surface area contributed by atoms with Crippen molar-refractivity contribution >= 4 is 40.0 Å². The number of Topliss-reactive ketones (excluding diaryl/α,β-unsaturated/α-hetero) is 1. The van der Waals surface area contributed by atoms with E-state index in [-0.39, 0.29) is 23.0 Å². The van der Waals surface area contributed by atoms with Crippen LogP contribution in [0.4, 0.5) is 0 Å². The first kappa shape index (κ1) is 11.3. The number of aromatic hydroxyl groups is 1. The number of nitrogens with zero attached hydrogens (tertiary/aromatic N) is 1. The average Bonchev–Trinajstić information content (AvgIpc) is 2.16. The number of carbonyl (C=O) groups is 1. The molecule has 0 aliphatic carbocycles. The molecule has 0 saturated carbocycles. The highest BCUT2D eigenvalue weighted by atomic mass is 127. The van der Waals surface area contributed by atoms with Crippen LogP contribution in [0.25, 0.3) is 0 Å². The number of phenols is 1. The standard InChI is InChI=1S/C9H5ClINO2/c10-3-8(14)9-6(11)1-5(4-12)2-7(9)13/h1-2,13H,3H2. The van der Waals surface area contributed by atoms with Gasteiger partial charge in [0.15, 0.2) is 5.78 Å². The van der Waals surface area contributed by atoms with Gasteiger partial charge in [-0.1, -0.05) is 0 Å². The first-order chi connectivity index (χ1) is 6.60. The number of rotatable bonds is 2. The van der Waals surface area contributed by atoms with E-state index in [1.54, 1.807) is 0 Å². The zero-order valence-electron chi connectivity index (χ0n) is 6.92. The number of benzene rings is 1. The molecular weight excluding hydrogens is 316 g/mol. The predicted molar refractivity (Wildman–Crippen MR) is 60.6 cm³/mol. The molecule has 0 heterocycles. The maximum atomic E-state index is 11.3. The van der Waals surface area contributed by atoms with Gasteiger partial charge in [-0.2, -0.15) is 5.26 Å². The fourth-order valence-electron chi connectivity index (χ4n) is 1.000. The molecule has 0 bridgehead atoms. The second-order valence-electron chi connectivity index (χ2n) is 2.52. The number of hydrogen-bond donors (Lipinski definition) is 1. The Morgan fingerprint density at radius 1 is 1.64 bits per heavy atom. The van der Waals surface area contributed by atoms with Gasteiger partial charge in [-0.25, -0.2) is 0 Å². The van der Waals surface area contributed by atoms with Gasteiger partial charge in [0, 0.05) is 3.57 Å². The third-order valence-corrected chi connectivity index (χ3v) is 2.69. The second-order valence-corrected chi connectivity index (χ2v) is 3.95. The lowest BCUT2D eigenvalue weighted by Crippen LogP contribution is -2.03. The molecule has 5 heteroatoms. The minimum Gasteiger partial charge on any atom is -0.507 e. The van der Waals surface area contributed by atoms with Crippen molar-refractivity contribution in [3.63, 3.8) is 0 Å². The van der Waals surface area contributed by atoms with E-state index in [0.29, 0.717) is 9.13 Å². The van der Waals surface area contributed by atoms with Crippen molar-refractivity contribution in [1.82, 2.24) is 0 Å². The van der Waals surface area contributed by atoms with Gasteiger partial charge in [0.05, 0.1) is 23.1 Å². The Kier molecular flexibility index (Phi) is 3.72. The quantitative estimate of drug-likeness (QED) is 0.516. The van der Waals surface area contributed by atoms with Crippen LogP contribution in [-0.2, 0) is 0 Å². The highest BCUT2D eigenvalue weighted by Crippen LogP contribution is 2.25. The molecule has 0 spiro atoms. The zero-order chi connectivity index (χ0) is 10.7. The fourth-order valence-corrected chi connectivity index (χ4v) is 2.05. The molecular formula is C9H5ClINO2. The molecule has 0 unspecified atom stereocenters. The minimum atomic E-state index is -0.349. The van der Waals surface area contributed by atoms with Gasteiger partial charge < -0.3 is 5.11 Å². The van der Waals surface area contributed by atoms with Crippen molar-refractivity contribution in [3.05, 3.63) is 26.8 Å². The topological polar surface area (TPSA) is 61.1 Å². The first-order valence-electron chi connectivity index (χ1n) is 3.62. The van der Waals surface area contributed by atoms with Gasteiger partial charge in [-0.05, 0) is 34.7 Å². The van der Waals surface area contributed by atoms with E-state index in [0.717, 1.165) is 0 Å². The van der Waals surface area contributed by atoms with E-state index in [2.05, 4.69) is 0 Å². The lowest BCUT2D eigenvalue weighted by atomic mass is 10.1. The molecule has 1 rings (SSSR count). The van der Waals surface area contributed by atoms with E-state index in [4.69, 9.17) is 16.9 Å². The Labute approximate surface area is 99.4 Å². The largest absolute Gasteiger partial charge is 0.507 e. The van der Waals surface area contributed by atoms with E-state index in [1.165, 1.54) is 12.1 Å². The summed E-state index contributed by atoms with van der Waals surface area (Å²) in [5.74, 6) is -0.729. The molecule has 0 saturated heterocycles. The number of carbonyl (C=O) groups excluding carboxylic acids is 1. The molecule has 0 radical (unpaired) electrons. The van der Waals surface area contributed by atoms with Crippen LogP contribution in [0.5, 0.6) is 5.75 Å². The molecule has 0 aromatic heterocycles. The Morgan fingerprint density at radius 2 is 2.29 bits per heavy atom. The SMILES string of the molecule is N#Cc1cc(O)c(C(=O)CCl)c(I)c1. The average molecular weight is 322 g/mol. The summed E-state index contributed by atoms with van der Waals surface area (Å²) < 4.78 is 0.532. The van der Waals surface area contributed by atoms with E-state index < -0.39 is 0 Å². The summed E-state index contributed by atoms with van der Waals surface area (Å²) >= 11 is 7.26. The third kappa shape index (κ3) is 2.16. The highest BCUT2D eigenvalue weighted by Gasteiger charge is 2.15. The minimum absolute atomic E-state index is 0.180. The third-order valence-electron chi connectivity index (χ3n) is 1.60. The molecule has 0 atom stereocenters. The normalized spacial score (nSPS) is 9.50. The van der Waals surface area contributed by atoms with Gasteiger partial charge in [-0.3, -0.25) is 4.79 Å². The van der Waals surface area contributed by atoms with Gasteiger partial charge in [-0.15, -0.1) is 11.6 Å². The summed E-state index contributed by atoms with van der Waals surface area (Å²) in [4.78, 5) is 11.3. The summed E-state index contributed by atoms with van der Waals surface area (Å²) in [6.07, 6.45) is 0. The molecule has 72 valence electrons. The van der Waals surface area contributed by atoms with Gasteiger partial charge in [0.1, 0.15) is 5.75 Å². The van der Waals surface area contributed by atoms with Crippen molar-refractivity contribution < 1.29 is 9.90 Å². The highest BCUT2D eigenvalue weighted by molar-refractivity contribution is 14.1. The van der Waals surface area contributed by atoms with E-state index in [1.807, 2.05) is 28.7 Å². The lowest BCUT2D eigenvalue weighted by molar-refractivity contribution is 0.101. The molecule has 1 N–H and O–H groups in total. The Balaban J connectivity index is 3.34. The molecule has 14 heavy (non-hydrogen) atoms. The van der Waals surface area contributed by atoms with E-state index in [9.17, 15) is 9.90 Å². The van der Waals surface area contributed by atoms with Crippen LogP contribution in [0.1, 0.15) is 15.9 Å². The van der Waals surface area contributed by atoms with Crippen molar-refractivity contribution in [3.8, 4) is 11.8 Å². The zero-order valence-corrected chi connectivity index (χ0v) is 9.83. The van der Waals surface area contributed by atoms with Gasteiger partial charge in [0.2, 0.25) is 0 Å². The second kappa shape index (κ2) is 4.62. The van der Waals surface area contributed by atoms with Crippen LogP contribution in [0, 0.1) is 14.9 Å². The number of phenolic OH excluding ortho intramolecular Hbond substituents is 1. The monoisotopic (exact) mass is 321 g/mol. The summed E-state index contributed by atoms with van der Waals surface area (Å²) in [7, 11) is 0. The van der Waals surface area contributed by atoms with Crippen LogP contribution in [0.3, 0.4) is 0 Å². The molecule has 0 aliphatic rings. The summed E-state index contributed by atoms with van der Waals surface area (Å²) in [5.41, 5.74) is 0.498. The van der Waals surface area contributed by atoms with Crippen LogP contribution >= 0.6 is 34.2 Å². The van der Waals surface area contributed by atoms with Gasteiger partial charge >= 0.3 is 0 Å². The Morgan fingerprint density at radius 3 is 2.71 bits per heavy atom. The Hall–Kier alpha value is -0.800. The smallest absolute Gasteiger partial charge is 0.182 e. The van der Waals surface area contributed by atoms with Crippen LogP contribution < -0.4 is 0 Å². The summed E-state index contributed by atoms with van der Waals surface area (Å²) in [5, 5.41) is 18.1. The first-order valence-corrected chi connectivity index (χ1v) is 5.23. The number of alkyl halides is 1. The molecule has 1 aromatic carbocycles.